The number of carbonyl (C=O) groups excluding carboxylic acids is 1. The number of ether oxygens (including phenoxy) is 1. The van der Waals surface area contributed by atoms with Gasteiger partial charge in [-0.15, -0.1) is 0 Å². The minimum Gasteiger partial charge on any atom is -0.508 e. The summed E-state index contributed by atoms with van der Waals surface area (Å²) in [5.74, 6) is 1.63. The van der Waals surface area contributed by atoms with Gasteiger partial charge < -0.3 is 9.84 Å². The summed E-state index contributed by atoms with van der Waals surface area (Å²) in [5.41, 5.74) is 2.35. The van der Waals surface area contributed by atoms with Crippen molar-refractivity contribution in [1.82, 2.24) is 4.90 Å². The number of piperidine rings is 1. The number of hydrogen-bond acceptors (Lipinski definition) is 6. The summed E-state index contributed by atoms with van der Waals surface area (Å²) in [4.78, 5) is 14.8. The highest BCUT2D eigenvalue weighted by Crippen LogP contribution is 2.64. The lowest BCUT2D eigenvalue weighted by Gasteiger charge is -2.59. The highest BCUT2D eigenvalue weighted by atomic mass is 32.2. The molecular weight excluding hydrogens is 562 g/mol. The first kappa shape index (κ1) is 30.6. The molecule has 8 heteroatoms. The number of nitrogens with zero attached hydrogens (tertiary/aromatic N) is 1. The van der Waals surface area contributed by atoms with Crippen LogP contribution in [0.2, 0.25) is 0 Å². The largest absolute Gasteiger partial charge is 0.508 e. The lowest BCUT2D eigenvalue weighted by molar-refractivity contribution is -0.128. The zero-order valence-corrected chi connectivity index (χ0v) is 26.6. The Morgan fingerprint density at radius 2 is 1.74 bits per heavy atom. The molecule has 3 unspecified atom stereocenters. The Hall–Kier alpha value is -2.42. The smallest absolute Gasteiger partial charge is 0.275 e. The van der Waals surface area contributed by atoms with Gasteiger partial charge >= 0.3 is 0 Å². The number of rotatable bonds is 6. The predicted molar refractivity (Wildman–Crippen MR) is 167 cm³/mol. The molecule has 5 aliphatic rings. The van der Waals surface area contributed by atoms with Crippen molar-refractivity contribution >= 4 is 15.9 Å². The van der Waals surface area contributed by atoms with Crippen LogP contribution in [0.15, 0.2) is 48.5 Å². The van der Waals surface area contributed by atoms with E-state index in [1.54, 1.807) is 0 Å². The van der Waals surface area contributed by atoms with Crippen LogP contribution in [0.3, 0.4) is 0 Å². The number of phenols is 1. The second-order valence-corrected chi connectivity index (χ2v) is 16.0. The molecule has 0 radical (unpaired) electrons. The third-order valence-electron chi connectivity index (χ3n) is 12.3. The second kappa shape index (κ2) is 11.2. The van der Waals surface area contributed by atoms with Gasteiger partial charge in [-0.3, -0.25) is 14.2 Å². The van der Waals surface area contributed by atoms with E-state index >= 15 is 0 Å². The van der Waals surface area contributed by atoms with Gasteiger partial charge in [0.05, 0.1) is 6.61 Å². The van der Waals surface area contributed by atoms with Gasteiger partial charge in [0.15, 0.2) is 5.78 Å². The van der Waals surface area contributed by atoms with E-state index in [1.165, 1.54) is 49.8 Å². The van der Waals surface area contributed by atoms with Crippen LogP contribution in [0.4, 0.5) is 0 Å². The molecule has 2 aromatic carbocycles. The van der Waals surface area contributed by atoms with Crippen molar-refractivity contribution in [2.45, 2.75) is 95.3 Å². The molecule has 7 nitrogen and oxygen atoms in total. The average molecular weight is 610 g/mol. The van der Waals surface area contributed by atoms with Crippen molar-refractivity contribution in [3.05, 3.63) is 59.7 Å². The fourth-order valence-electron chi connectivity index (χ4n) is 9.67. The number of benzene rings is 2. The number of carbonyl (C=O) groups is 1. The van der Waals surface area contributed by atoms with E-state index in [0.29, 0.717) is 23.6 Å². The molecule has 4 bridgehead atoms. The maximum absolute atomic E-state index is 12.0. The maximum Gasteiger partial charge on any atom is 0.275 e. The molecule has 6 atom stereocenters. The quantitative estimate of drug-likeness (QED) is 0.297. The topological polar surface area (TPSA) is 104 Å². The number of ketones is 1. The Kier molecular flexibility index (Phi) is 7.96. The van der Waals surface area contributed by atoms with E-state index in [0.717, 1.165) is 44.1 Å². The zero-order chi connectivity index (χ0) is 30.6. The summed E-state index contributed by atoms with van der Waals surface area (Å²) in [6.07, 6.45) is 10.2. The lowest BCUT2D eigenvalue weighted by atomic mass is 9.52. The van der Waals surface area contributed by atoms with Crippen LogP contribution in [0.25, 0.3) is 0 Å². The first-order chi connectivity index (χ1) is 20.4. The van der Waals surface area contributed by atoms with Crippen molar-refractivity contribution < 1.29 is 27.6 Å². The molecule has 0 aromatic heterocycles. The van der Waals surface area contributed by atoms with Gasteiger partial charge in [-0.05, 0) is 104 Å². The van der Waals surface area contributed by atoms with Crippen molar-refractivity contribution in [2.24, 2.45) is 22.7 Å². The molecule has 1 aliphatic heterocycles. The number of hydrogen-bond donors (Lipinski definition) is 2. The Morgan fingerprint density at radius 1 is 0.977 bits per heavy atom. The van der Waals surface area contributed by atoms with E-state index in [1.807, 2.05) is 57.2 Å². The van der Waals surface area contributed by atoms with E-state index in [9.17, 15) is 18.3 Å². The van der Waals surface area contributed by atoms with Crippen molar-refractivity contribution in [3.8, 4) is 11.5 Å². The van der Waals surface area contributed by atoms with Crippen LogP contribution in [0.1, 0.15) is 83.3 Å². The molecule has 234 valence electrons. The Morgan fingerprint density at radius 3 is 2.42 bits per heavy atom. The fourth-order valence-corrected chi connectivity index (χ4v) is 11.1. The minimum absolute atomic E-state index is 0.231. The number of Topliss-reactive ketones (excluding diaryl/α,β-unsaturated/α-hetero) is 1. The number of fused-ring (bicyclic) bond motifs is 3. The highest BCUT2D eigenvalue weighted by molar-refractivity contribution is 7.87. The Balaban J connectivity index is 0.000000185. The molecule has 1 saturated heterocycles. The van der Waals surface area contributed by atoms with Gasteiger partial charge in [0.1, 0.15) is 16.7 Å². The van der Waals surface area contributed by atoms with Crippen LogP contribution < -0.4 is 4.74 Å². The van der Waals surface area contributed by atoms with Crippen LogP contribution in [0.5, 0.6) is 11.5 Å². The molecule has 2 N–H and O–H groups in total. The van der Waals surface area contributed by atoms with Crippen molar-refractivity contribution in [1.29, 1.82) is 0 Å². The average Bonchev–Trinajstić information content (AvgIpc) is 3.29. The van der Waals surface area contributed by atoms with E-state index in [-0.39, 0.29) is 17.1 Å². The van der Waals surface area contributed by atoms with Gasteiger partial charge in [-0.25, -0.2) is 0 Å². The van der Waals surface area contributed by atoms with Crippen LogP contribution in [-0.4, -0.2) is 59.7 Å². The lowest BCUT2D eigenvalue weighted by Crippen LogP contribution is -2.61. The molecule has 4 fully saturated rings. The molecule has 0 amide bonds. The van der Waals surface area contributed by atoms with E-state index in [2.05, 4.69) is 17.0 Å². The monoisotopic (exact) mass is 609 g/mol. The molecule has 4 aliphatic carbocycles. The van der Waals surface area contributed by atoms with Gasteiger partial charge in [-0.1, -0.05) is 57.9 Å². The molecule has 7 rings (SSSR count). The Bertz CT molecular complexity index is 1460. The normalized spacial score (nSPS) is 34.1. The van der Waals surface area contributed by atoms with E-state index in [4.69, 9.17) is 9.29 Å². The summed E-state index contributed by atoms with van der Waals surface area (Å²) in [5, 5.41) is 8.95. The first-order valence-electron chi connectivity index (χ1n) is 16.1. The van der Waals surface area contributed by atoms with Gasteiger partial charge in [0, 0.05) is 23.4 Å². The molecule has 3 saturated carbocycles. The van der Waals surface area contributed by atoms with Gasteiger partial charge in [0.25, 0.3) is 10.1 Å². The van der Waals surface area contributed by atoms with Crippen LogP contribution >= 0.6 is 0 Å². The third-order valence-corrected chi connectivity index (χ3v) is 13.5. The maximum atomic E-state index is 12.0. The zero-order valence-electron chi connectivity index (χ0n) is 25.8. The fraction of sp³-hybridized carbons (Fsp3) is 0.629. The van der Waals surface area contributed by atoms with Crippen LogP contribution in [0, 0.1) is 22.7 Å². The molecule has 0 spiro atoms. The Labute approximate surface area is 256 Å². The predicted octanol–water partition coefficient (Wildman–Crippen LogP) is 6.19. The minimum atomic E-state index is -4.24. The summed E-state index contributed by atoms with van der Waals surface area (Å²) in [7, 11) is -4.24. The summed E-state index contributed by atoms with van der Waals surface area (Å²) < 4.78 is 37.4. The van der Waals surface area contributed by atoms with Crippen molar-refractivity contribution in [2.75, 3.05) is 19.7 Å². The second-order valence-electron chi connectivity index (χ2n) is 14.4. The van der Waals surface area contributed by atoms with Gasteiger partial charge in [0.2, 0.25) is 0 Å². The van der Waals surface area contributed by atoms with Gasteiger partial charge in [-0.2, -0.15) is 8.42 Å². The first-order valence-corrected chi connectivity index (χ1v) is 17.6. The molecule has 43 heavy (non-hydrogen) atoms. The molecule has 2 aromatic rings. The highest BCUT2D eigenvalue weighted by Gasteiger charge is 2.69. The standard InChI is InChI=1S/C25H31NO2.C10H16O4S/c27-20-11-10-19-17-24-22-9-4-5-12-25(22,23(19)18-20)13-15-26(24)14-6-16-28-21-7-2-1-3-8-21;1-9(2)6-4-5-10(9,3)8(11)7(6)15(12,13)14/h1-3,7-8,10-11,18,22,24,27H,4-6,9,12-17H2;6-7H,4-5H2,1-3H3,(H,12,13,14)/t22-,24+,25+;/m0./s1. The molecular formula is C35H47NO6S. The number of para-hydroxylation sites is 1. The summed E-state index contributed by atoms with van der Waals surface area (Å²) >= 11 is 0. The number of aromatic hydroxyl groups is 1. The SMILES string of the molecule is CC12CCC(C(S(=O)(=O)O)C1=O)C2(C)C.Oc1ccc2c(c1)[C@@]13CCCC[C@H]1[C@@H](C2)N(CCCOc1ccccc1)CC3. The van der Waals surface area contributed by atoms with Crippen molar-refractivity contribution in [3.63, 3.8) is 0 Å². The molecule has 1 heterocycles. The summed E-state index contributed by atoms with van der Waals surface area (Å²) in [6.45, 7) is 8.76. The van der Waals surface area contributed by atoms with E-state index < -0.39 is 20.8 Å². The van der Waals surface area contributed by atoms with Crippen LogP contribution in [-0.2, 0) is 26.7 Å². The summed E-state index contributed by atoms with van der Waals surface area (Å²) in [6, 6.07) is 17.0. The number of likely N-dealkylation sites (tertiary alicyclic amines) is 1. The third kappa shape index (κ3) is 5.11. The number of phenolic OH excluding ortho intramolecular Hbond substituents is 1.